The van der Waals surface area contributed by atoms with Crippen LogP contribution >= 0.6 is 0 Å². The maximum absolute atomic E-state index is 13.1. The highest BCUT2D eigenvalue weighted by Crippen LogP contribution is 2.39. The molecule has 0 spiro atoms. The molecule has 2 aromatic rings. The smallest absolute Gasteiger partial charge is 0.422 e. The van der Waals surface area contributed by atoms with Crippen molar-refractivity contribution in [3.05, 3.63) is 54.1 Å². The van der Waals surface area contributed by atoms with Crippen molar-refractivity contribution in [3.63, 3.8) is 0 Å². The van der Waals surface area contributed by atoms with Crippen molar-refractivity contribution in [1.82, 2.24) is 10.3 Å². The van der Waals surface area contributed by atoms with Crippen LogP contribution in [-0.4, -0.2) is 30.3 Å². The summed E-state index contributed by atoms with van der Waals surface area (Å²) in [5.41, 5.74) is 0.505. The summed E-state index contributed by atoms with van der Waals surface area (Å²) in [6.45, 7) is 0.664. The summed E-state index contributed by atoms with van der Waals surface area (Å²) in [6.07, 6.45) is -2.55. The number of nitrogens with one attached hydrogen (secondary N) is 1. The van der Waals surface area contributed by atoms with Gasteiger partial charge in [0.1, 0.15) is 17.3 Å². The second-order valence-corrected chi connectivity index (χ2v) is 6.92. The first-order valence-corrected chi connectivity index (χ1v) is 9.05. The van der Waals surface area contributed by atoms with Crippen molar-refractivity contribution >= 4 is 5.91 Å². The molecule has 0 radical (unpaired) electrons. The molecule has 3 rings (SSSR count). The topological polar surface area (TPSA) is 60.5 Å². The average molecular weight is 412 g/mol. The van der Waals surface area contributed by atoms with Gasteiger partial charge in [0.2, 0.25) is 5.91 Å². The zero-order valence-corrected chi connectivity index (χ0v) is 15.6. The van der Waals surface area contributed by atoms with Gasteiger partial charge in [-0.25, -0.2) is 4.39 Å². The zero-order chi connectivity index (χ0) is 21.0. The third-order valence-corrected chi connectivity index (χ3v) is 4.48. The second-order valence-electron chi connectivity index (χ2n) is 6.92. The molecule has 1 heterocycles. The van der Waals surface area contributed by atoms with Gasteiger partial charge in [0.15, 0.2) is 6.61 Å². The fraction of sp³-hybridized carbons (Fsp3) is 0.400. The van der Waals surface area contributed by atoms with Gasteiger partial charge in [0.05, 0.1) is 24.5 Å². The molecule has 9 heteroatoms. The quantitative estimate of drug-likeness (QED) is 0.665. The van der Waals surface area contributed by atoms with Crippen LogP contribution in [0.15, 0.2) is 42.6 Å². The number of halogens is 4. The van der Waals surface area contributed by atoms with Crippen molar-refractivity contribution in [1.29, 1.82) is 0 Å². The van der Waals surface area contributed by atoms with E-state index in [0.717, 1.165) is 0 Å². The normalized spacial score (nSPS) is 19.3. The van der Waals surface area contributed by atoms with Crippen molar-refractivity contribution in [2.24, 2.45) is 11.8 Å². The number of amides is 1. The predicted octanol–water partition coefficient (Wildman–Crippen LogP) is 4.05. The molecule has 29 heavy (non-hydrogen) atoms. The summed E-state index contributed by atoms with van der Waals surface area (Å²) in [4.78, 5) is 16.4. The molecule has 0 bridgehead atoms. The van der Waals surface area contributed by atoms with Gasteiger partial charge < -0.3 is 14.8 Å². The minimum atomic E-state index is -4.42. The SMILES string of the molecule is C[C@@H](NC(=O)[C@H]1C[C@@H]1COc1cccc(F)c1)c1ccc(OCC(F)(F)F)cn1. The first-order chi connectivity index (χ1) is 13.7. The van der Waals surface area contributed by atoms with Crippen LogP contribution in [0.4, 0.5) is 17.6 Å². The first kappa shape index (κ1) is 20.9. The standard InChI is InChI=1S/C20H20F4N2O3/c1-12(18-6-5-16(9-25-18)29-11-20(22,23)24)26-19(27)17-7-13(17)10-28-15-4-2-3-14(21)8-15/h2-6,8-9,12-13,17H,7,10-11H2,1H3,(H,26,27)/t12-,13-,17+/m1/s1. The Morgan fingerprint density at radius 3 is 2.69 bits per heavy atom. The Kier molecular flexibility index (Phi) is 6.24. The number of rotatable bonds is 8. The van der Waals surface area contributed by atoms with Crippen molar-refractivity contribution in [2.45, 2.75) is 25.6 Å². The van der Waals surface area contributed by atoms with E-state index in [9.17, 15) is 22.4 Å². The molecule has 0 unspecified atom stereocenters. The molecule has 1 aromatic heterocycles. The number of hydrogen-bond acceptors (Lipinski definition) is 4. The van der Waals surface area contributed by atoms with Gasteiger partial charge in [-0.1, -0.05) is 6.07 Å². The van der Waals surface area contributed by atoms with E-state index in [-0.39, 0.29) is 29.3 Å². The number of carbonyl (C=O) groups is 1. The largest absolute Gasteiger partial charge is 0.493 e. The van der Waals surface area contributed by atoms with Crippen molar-refractivity contribution < 1.29 is 31.8 Å². The van der Waals surface area contributed by atoms with Crippen LogP contribution < -0.4 is 14.8 Å². The fourth-order valence-corrected chi connectivity index (χ4v) is 2.81. The summed E-state index contributed by atoms with van der Waals surface area (Å²) in [7, 11) is 0. The molecular weight excluding hydrogens is 392 g/mol. The molecule has 1 saturated carbocycles. The Balaban J connectivity index is 1.43. The number of benzene rings is 1. The van der Waals surface area contributed by atoms with Crippen LogP contribution in [-0.2, 0) is 4.79 Å². The number of nitrogens with zero attached hydrogens (tertiary/aromatic N) is 1. The number of hydrogen-bond donors (Lipinski definition) is 1. The van der Waals surface area contributed by atoms with E-state index in [0.29, 0.717) is 24.5 Å². The molecule has 156 valence electrons. The van der Waals surface area contributed by atoms with Crippen molar-refractivity contribution in [2.75, 3.05) is 13.2 Å². The third-order valence-electron chi connectivity index (χ3n) is 4.48. The van der Waals surface area contributed by atoms with Crippen LogP contribution in [0.5, 0.6) is 11.5 Å². The van der Waals surface area contributed by atoms with Crippen LogP contribution in [0.3, 0.4) is 0 Å². The third kappa shape index (κ3) is 6.33. The van der Waals surface area contributed by atoms with Crippen molar-refractivity contribution in [3.8, 4) is 11.5 Å². The molecular formula is C20H20F4N2O3. The Labute approximate surface area is 165 Å². The lowest BCUT2D eigenvalue weighted by atomic mass is 10.2. The number of carbonyl (C=O) groups excluding carboxylic acids is 1. The molecule has 1 amide bonds. The lowest BCUT2D eigenvalue weighted by Gasteiger charge is -2.14. The highest BCUT2D eigenvalue weighted by Gasteiger charge is 2.43. The summed E-state index contributed by atoms with van der Waals surface area (Å²) >= 11 is 0. The Bertz CT molecular complexity index is 842. The minimum Gasteiger partial charge on any atom is -0.493 e. The lowest BCUT2D eigenvalue weighted by molar-refractivity contribution is -0.153. The number of alkyl halides is 3. The fourth-order valence-electron chi connectivity index (χ4n) is 2.81. The van der Waals surface area contributed by atoms with Gasteiger partial charge in [0.25, 0.3) is 0 Å². The van der Waals surface area contributed by atoms with Crippen LogP contribution in [0.1, 0.15) is 25.1 Å². The number of aromatic nitrogens is 1. The molecule has 5 nitrogen and oxygen atoms in total. The summed E-state index contributed by atoms with van der Waals surface area (Å²) in [6, 6.07) is 8.28. The molecule has 1 N–H and O–H groups in total. The van der Waals surface area contributed by atoms with E-state index >= 15 is 0 Å². The Morgan fingerprint density at radius 2 is 2.03 bits per heavy atom. The maximum atomic E-state index is 13.1. The van der Waals surface area contributed by atoms with E-state index < -0.39 is 18.8 Å². The maximum Gasteiger partial charge on any atom is 0.422 e. The van der Waals surface area contributed by atoms with Crippen LogP contribution in [0.25, 0.3) is 0 Å². The Morgan fingerprint density at radius 1 is 1.24 bits per heavy atom. The van der Waals surface area contributed by atoms with E-state index in [1.54, 1.807) is 19.1 Å². The highest BCUT2D eigenvalue weighted by molar-refractivity contribution is 5.81. The summed E-state index contributed by atoms with van der Waals surface area (Å²) < 4.78 is 59.7. The molecule has 0 saturated heterocycles. The van der Waals surface area contributed by atoms with Gasteiger partial charge in [-0.15, -0.1) is 0 Å². The molecule has 1 fully saturated rings. The minimum absolute atomic E-state index is 0.00126. The summed E-state index contributed by atoms with van der Waals surface area (Å²) in [5, 5.41) is 2.83. The van der Waals surface area contributed by atoms with Gasteiger partial charge in [-0.05, 0) is 37.6 Å². The number of ether oxygens (including phenoxy) is 2. The van der Waals surface area contributed by atoms with E-state index in [1.165, 1.54) is 30.5 Å². The first-order valence-electron chi connectivity index (χ1n) is 9.05. The van der Waals surface area contributed by atoms with Gasteiger partial charge >= 0.3 is 6.18 Å². The van der Waals surface area contributed by atoms with Crippen LogP contribution in [0, 0.1) is 17.7 Å². The van der Waals surface area contributed by atoms with E-state index in [1.807, 2.05) is 0 Å². The van der Waals surface area contributed by atoms with Gasteiger partial charge in [-0.3, -0.25) is 9.78 Å². The second kappa shape index (κ2) is 8.67. The zero-order valence-electron chi connectivity index (χ0n) is 15.6. The van der Waals surface area contributed by atoms with Gasteiger partial charge in [0, 0.05) is 17.9 Å². The number of pyridine rings is 1. The Hall–Kier alpha value is -2.84. The van der Waals surface area contributed by atoms with E-state index in [4.69, 9.17) is 4.74 Å². The molecule has 0 aliphatic heterocycles. The summed E-state index contributed by atoms with van der Waals surface area (Å²) in [5.74, 6) is -0.256. The molecule has 3 atom stereocenters. The lowest BCUT2D eigenvalue weighted by Crippen LogP contribution is -2.29. The van der Waals surface area contributed by atoms with Crippen LogP contribution in [0.2, 0.25) is 0 Å². The average Bonchev–Trinajstić information content (AvgIpc) is 3.44. The molecule has 1 aliphatic carbocycles. The monoisotopic (exact) mass is 412 g/mol. The van der Waals surface area contributed by atoms with Gasteiger partial charge in [-0.2, -0.15) is 13.2 Å². The molecule has 1 aliphatic rings. The highest BCUT2D eigenvalue weighted by atomic mass is 19.4. The molecule has 1 aromatic carbocycles. The predicted molar refractivity (Wildman–Crippen MR) is 95.8 cm³/mol. The van der Waals surface area contributed by atoms with E-state index in [2.05, 4.69) is 15.0 Å².